The molecule has 0 unspecified atom stereocenters. The SMILES string of the molecule is C#COCN(COCC)c1ccc([N+](=C2C=CC(=[N+](c3ccc(N(CCCC)CCCC)cc3)c3ccc(N(COC#C)COCC)cc3)C=C2)c2ccc(N(CCCC)CCCC)cc2)cc1. The first-order valence-electron chi connectivity index (χ1n) is 24.8. The molecular formula is C58H76N6O4+2. The highest BCUT2D eigenvalue weighted by Gasteiger charge is 2.25. The van der Waals surface area contributed by atoms with Gasteiger partial charge in [0.15, 0.2) is 13.5 Å². The summed E-state index contributed by atoms with van der Waals surface area (Å²) in [5.41, 5.74) is 10.6. The van der Waals surface area contributed by atoms with Crippen molar-refractivity contribution >= 4 is 56.9 Å². The quantitative estimate of drug-likeness (QED) is 0.0222. The zero-order valence-electron chi connectivity index (χ0n) is 41.7. The van der Waals surface area contributed by atoms with E-state index in [2.05, 4.69) is 180 Å². The van der Waals surface area contributed by atoms with Crippen molar-refractivity contribution in [2.24, 2.45) is 0 Å². The van der Waals surface area contributed by atoms with Crippen molar-refractivity contribution in [3.05, 3.63) is 121 Å². The molecule has 1 aliphatic carbocycles. The lowest BCUT2D eigenvalue weighted by atomic mass is 10.1. The van der Waals surface area contributed by atoms with E-state index < -0.39 is 0 Å². The molecule has 4 aromatic rings. The summed E-state index contributed by atoms with van der Waals surface area (Å²) in [6.45, 7) is 19.5. The second kappa shape index (κ2) is 29.3. The topological polar surface area (TPSA) is 55.9 Å². The molecule has 5 rings (SSSR count). The molecule has 0 amide bonds. The number of unbranched alkanes of at least 4 members (excludes halogenated alkanes) is 4. The fourth-order valence-corrected chi connectivity index (χ4v) is 8.04. The van der Waals surface area contributed by atoms with Crippen LogP contribution in [0.25, 0.3) is 0 Å². The minimum absolute atomic E-state index is 0.221. The number of rotatable bonds is 30. The van der Waals surface area contributed by atoms with E-state index in [4.69, 9.17) is 31.8 Å². The maximum absolute atomic E-state index is 5.76. The van der Waals surface area contributed by atoms with E-state index in [1.54, 1.807) is 0 Å². The molecule has 0 radical (unpaired) electrons. The van der Waals surface area contributed by atoms with Gasteiger partial charge in [0.1, 0.15) is 25.7 Å². The van der Waals surface area contributed by atoms with Crippen LogP contribution in [0.2, 0.25) is 0 Å². The number of anilines is 4. The largest absolute Gasteiger partial charge is 0.425 e. The number of allylic oxidation sites excluding steroid dienone is 4. The summed E-state index contributed by atoms with van der Waals surface area (Å²) in [5, 5.41) is 0. The van der Waals surface area contributed by atoms with Crippen molar-refractivity contribution < 1.29 is 18.9 Å². The Bertz CT molecular complexity index is 2110. The summed E-state index contributed by atoms with van der Waals surface area (Å²) in [4.78, 5) is 9.01. The van der Waals surface area contributed by atoms with E-state index in [-0.39, 0.29) is 13.5 Å². The monoisotopic (exact) mass is 921 g/mol. The van der Waals surface area contributed by atoms with E-state index in [0.717, 1.165) is 97.4 Å². The van der Waals surface area contributed by atoms with Crippen LogP contribution < -0.4 is 28.8 Å². The average molecular weight is 921 g/mol. The van der Waals surface area contributed by atoms with Gasteiger partial charge in [-0.05, 0) is 88.1 Å². The lowest BCUT2D eigenvalue weighted by Crippen LogP contribution is -2.28. The summed E-state index contributed by atoms with van der Waals surface area (Å²) in [6.07, 6.45) is 33.7. The summed E-state index contributed by atoms with van der Waals surface area (Å²) in [6, 6.07) is 35.0. The smallest absolute Gasteiger partial charge is 0.212 e. The Hall–Kier alpha value is -6.46. The molecule has 0 fully saturated rings. The van der Waals surface area contributed by atoms with Gasteiger partial charge in [-0.3, -0.25) is 0 Å². The number of hydrogen-bond donors (Lipinski definition) is 0. The Kier molecular flexibility index (Phi) is 22.6. The molecular weight excluding hydrogens is 845 g/mol. The van der Waals surface area contributed by atoms with Crippen LogP contribution in [0.5, 0.6) is 0 Å². The van der Waals surface area contributed by atoms with Crippen LogP contribution in [-0.4, -0.2) is 77.7 Å². The number of hydrogen-bond acceptors (Lipinski definition) is 8. The lowest BCUT2D eigenvalue weighted by molar-refractivity contribution is 0.127. The number of nitrogens with zero attached hydrogens (tertiary/aromatic N) is 6. The third-order valence-corrected chi connectivity index (χ3v) is 11.9. The molecule has 360 valence electrons. The van der Waals surface area contributed by atoms with Crippen LogP contribution in [-0.2, 0) is 18.9 Å². The Balaban J connectivity index is 1.63. The predicted molar refractivity (Wildman–Crippen MR) is 289 cm³/mol. The highest BCUT2D eigenvalue weighted by atomic mass is 16.5. The van der Waals surface area contributed by atoms with E-state index in [1.807, 2.05) is 23.6 Å². The minimum Gasteiger partial charge on any atom is -0.425 e. The Morgan fingerprint density at radius 1 is 0.382 bits per heavy atom. The van der Waals surface area contributed by atoms with Crippen LogP contribution in [0.1, 0.15) is 92.9 Å². The Morgan fingerprint density at radius 3 is 0.882 bits per heavy atom. The first kappa shape index (κ1) is 52.5. The maximum atomic E-state index is 5.76. The van der Waals surface area contributed by atoms with Gasteiger partial charge in [0.25, 0.3) is 0 Å². The van der Waals surface area contributed by atoms with Crippen molar-refractivity contribution in [3.8, 4) is 25.1 Å². The van der Waals surface area contributed by atoms with Crippen LogP contribution in [0.15, 0.2) is 121 Å². The number of terminal acetylenes is 2. The summed E-state index contributed by atoms with van der Waals surface area (Å²) < 4.78 is 26.9. The van der Waals surface area contributed by atoms with Crippen molar-refractivity contribution in [3.63, 3.8) is 0 Å². The molecule has 0 saturated heterocycles. The van der Waals surface area contributed by atoms with Gasteiger partial charge >= 0.3 is 0 Å². The molecule has 68 heavy (non-hydrogen) atoms. The molecule has 1 aliphatic rings. The fourth-order valence-electron chi connectivity index (χ4n) is 8.04. The molecule has 10 heteroatoms. The van der Waals surface area contributed by atoms with Crippen LogP contribution in [0.3, 0.4) is 0 Å². The van der Waals surface area contributed by atoms with Crippen molar-refractivity contribution in [2.45, 2.75) is 92.9 Å². The minimum atomic E-state index is 0.221. The molecule has 4 aromatic carbocycles. The van der Waals surface area contributed by atoms with Crippen molar-refractivity contribution in [2.75, 3.05) is 85.9 Å². The molecule has 10 nitrogen and oxygen atoms in total. The first-order chi connectivity index (χ1) is 33.4. The second-order valence-electron chi connectivity index (χ2n) is 16.7. The Morgan fingerprint density at radius 2 is 0.647 bits per heavy atom. The highest BCUT2D eigenvalue weighted by Crippen LogP contribution is 2.31. The second-order valence-corrected chi connectivity index (χ2v) is 16.7. The summed E-state index contributed by atoms with van der Waals surface area (Å²) in [7, 11) is 0. The van der Waals surface area contributed by atoms with Gasteiger partial charge in [0.05, 0.1) is 0 Å². The van der Waals surface area contributed by atoms with Gasteiger partial charge in [0.2, 0.25) is 34.2 Å². The summed E-state index contributed by atoms with van der Waals surface area (Å²) >= 11 is 0. The number of benzene rings is 4. The average Bonchev–Trinajstić information content (AvgIpc) is 3.38. The highest BCUT2D eigenvalue weighted by molar-refractivity contribution is 6.20. The predicted octanol–water partition coefficient (Wildman–Crippen LogP) is 12.6. The molecule has 0 atom stereocenters. The molecule has 0 saturated carbocycles. The molecule has 0 aliphatic heterocycles. The molecule has 0 aromatic heterocycles. The molecule has 0 bridgehead atoms. The van der Waals surface area contributed by atoms with Gasteiger partial charge < -0.3 is 38.5 Å². The first-order valence-corrected chi connectivity index (χ1v) is 24.8. The van der Waals surface area contributed by atoms with Crippen LogP contribution >= 0.6 is 0 Å². The van der Waals surface area contributed by atoms with Crippen molar-refractivity contribution in [1.29, 1.82) is 0 Å². The normalized spacial score (nSPS) is 11.8. The van der Waals surface area contributed by atoms with Gasteiger partial charge in [-0.25, -0.2) is 0 Å². The zero-order chi connectivity index (χ0) is 48.4. The Labute approximate surface area is 408 Å². The van der Waals surface area contributed by atoms with E-state index in [9.17, 15) is 0 Å². The molecule has 0 spiro atoms. The van der Waals surface area contributed by atoms with E-state index >= 15 is 0 Å². The third-order valence-electron chi connectivity index (χ3n) is 11.9. The molecule has 0 heterocycles. The van der Waals surface area contributed by atoms with E-state index in [1.165, 1.54) is 37.1 Å². The number of ether oxygens (including phenoxy) is 4. The van der Waals surface area contributed by atoms with Gasteiger partial charge in [-0.2, -0.15) is 9.15 Å². The van der Waals surface area contributed by atoms with Gasteiger partial charge in [-0.1, -0.05) is 66.2 Å². The van der Waals surface area contributed by atoms with Gasteiger partial charge in [-0.15, -0.1) is 0 Å². The van der Waals surface area contributed by atoms with E-state index in [0.29, 0.717) is 26.7 Å². The third kappa shape index (κ3) is 15.3. The summed E-state index contributed by atoms with van der Waals surface area (Å²) in [5.74, 6) is 0. The van der Waals surface area contributed by atoms with Crippen LogP contribution in [0, 0.1) is 25.1 Å². The van der Waals surface area contributed by atoms with Gasteiger partial charge in [0, 0.05) is 135 Å². The standard InChI is InChI=1S/C58H76N6O4/c1-9-17-41-59(42-18-10-2)49-21-29-53(30-22-49)63(55-33-25-51(26-34-55)61(45-65-13-5)46-66-14-6)57-37-39-58(40-38-57)64(54-31-23-50(24-32-54)60(43-19-11-3)44-20-12-4)56-35-27-52(28-36-56)62(47-67-15-7)48-68-16-8/h5,7,21-40H,9-12,14,16-20,41-48H2,1-4,6,8H3/q+2. The lowest BCUT2D eigenvalue weighted by Gasteiger charge is -2.25. The molecule has 0 N–H and O–H groups in total. The maximum Gasteiger partial charge on any atom is 0.212 e. The van der Waals surface area contributed by atoms with Crippen molar-refractivity contribution in [1.82, 2.24) is 9.15 Å². The zero-order valence-corrected chi connectivity index (χ0v) is 41.7. The fraction of sp³-hybridized carbons (Fsp3) is 0.414. The van der Waals surface area contributed by atoms with Crippen LogP contribution in [0.4, 0.5) is 45.5 Å².